The molecule has 21 heavy (non-hydrogen) atoms. The molecule has 0 spiro atoms. The number of nitrogens with zero attached hydrogens (tertiary/aromatic N) is 3. The van der Waals surface area contributed by atoms with Gasteiger partial charge in [-0.2, -0.15) is 10.4 Å². The molecule has 0 radical (unpaired) electrons. The number of benzene rings is 1. The molecule has 1 N–H and O–H groups in total. The van der Waals surface area contributed by atoms with E-state index in [2.05, 4.69) is 10.4 Å². The van der Waals surface area contributed by atoms with Gasteiger partial charge in [-0.25, -0.2) is 4.39 Å². The number of aromatic nitrogens is 2. The summed E-state index contributed by atoms with van der Waals surface area (Å²) in [6.07, 6.45) is 1.47. The number of anilines is 1. The van der Waals surface area contributed by atoms with Gasteiger partial charge in [0.15, 0.2) is 0 Å². The molecular weight excluding hydrogens is 275 g/mol. The third kappa shape index (κ3) is 4.04. The minimum atomic E-state index is -0.522. The van der Waals surface area contributed by atoms with Gasteiger partial charge in [0.1, 0.15) is 24.6 Å². The molecule has 0 aliphatic heterocycles. The van der Waals surface area contributed by atoms with Crippen molar-refractivity contribution in [2.24, 2.45) is 7.05 Å². The first-order chi connectivity index (χ1) is 10.1. The average molecular weight is 288 g/mol. The number of nitriles is 1. The molecule has 1 aromatic carbocycles. The molecule has 0 fully saturated rings. The summed E-state index contributed by atoms with van der Waals surface area (Å²) in [5.74, 6) is -0.716. The van der Waals surface area contributed by atoms with Gasteiger partial charge in [0, 0.05) is 19.3 Å². The number of hydrogen-bond donors (Lipinski definition) is 1. The summed E-state index contributed by atoms with van der Waals surface area (Å²) in [6.45, 7) is 0.188. The summed E-state index contributed by atoms with van der Waals surface area (Å²) < 4.78 is 20.4. The van der Waals surface area contributed by atoms with E-state index < -0.39 is 11.7 Å². The fourth-order valence-corrected chi connectivity index (χ4v) is 1.68. The lowest BCUT2D eigenvalue weighted by Crippen LogP contribution is -2.12. The van der Waals surface area contributed by atoms with Gasteiger partial charge in [0.05, 0.1) is 17.5 Å². The van der Waals surface area contributed by atoms with Crippen LogP contribution in [0.5, 0.6) is 5.75 Å². The van der Waals surface area contributed by atoms with E-state index in [-0.39, 0.29) is 18.7 Å². The van der Waals surface area contributed by atoms with E-state index in [1.165, 1.54) is 12.1 Å². The Hall–Kier alpha value is -2.88. The van der Waals surface area contributed by atoms with Crippen LogP contribution < -0.4 is 10.1 Å². The first-order valence-corrected chi connectivity index (χ1v) is 6.16. The Morgan fingerprint density at radius 2 is 2.33 bits per heavy atom. The van der Waals surface area contributed by atoms with Crippen molar-refractivity contribution < 1.29 is 13.9 Å². The summed E-state index contributed by atoms with van der Waals surface area (Å²) in [4.78, 5) is 11.4. The maximum absolute atomic E-state index is 13.3. The van der Waals surface area contributed by atoms with Crippen molar-refractivity contribution in [3.8, 4) is 11.8 Å². The molecular formula is C14H13FN4O2. The third-order valence-corrected chi connectivity index (χ3v) is 2.60. The van der Waals surface area contributed by atoms with Crippen LogP contribution in [-0.2, 0) is 18.4 Å². The van der Waals surface area contributed by atoms with Crippen molar-refractivity contribution in [3.05, 3.63) is 42.0 Å². The quantitative estimate of drug-likeness (QED) is 0.912. The van der Waals surface area contributed by atoms with E-state index in [0.29, 0.717) is 11.4 Å². The number of nitrogens with one attached hydrogen (secondary N) is 1. The highest BCUT2D eigenvalue weighted by molar-refractivity contribution is 5.93. The van der Waals surface area contributed by atoms with E-state index in [9.17, 15) is 9.18 Å². The minimum absolute atomic E-state index is 0.186. The second-order valence-electron chi connectivity index (χ2n) is 4.29. The van der Waals surface area contributed by atoms with Crippen LogP contribution in [0.2, 0.25) is 0 Å². The van der Waals surface area contributed by atoms with Crippen molar-refractivity contribution in [1.82, 2.24) is 9.78 Å². The fraction of sp³-hybridized carbons (Fsp3) is 0.214. The van der Waals surface area contributed by atoms with Crippen molar-refractivity contribution in [2.75, 3.05) is 5.32 Å². The van der Waals surface area contributed by atoms with Gasteiger partial charge in [0.2, 0.25) is 5.91 Å². The average Bonchev–Trinajstić information content (AvgIpc) is 2.84. The molecule has 2 aromatic rings. The number of halogens is 1. The maximum Gasteiger partial charge on any atom is 0.238 e. The molecule has 0 aliphatic rings. The number of aryl methyl sites for hydroxylation is 1. The highest BCUT2D eigenvalue weighted by atomic mass is 19.1. The van der Waals surface area contributed by atoms with Gasteiger partial charge in [0.25, 0.3) is 0 Å². The summed E-state index contributed by atoms with van der Waals surface area (Å²) in [5.41, 5.74) is 0.891. The number of ether oxygens (including phenoxy) is 1. The van der Waals surface area contributed by atoms with E-state index in [1.807, 2.05) is 0 Å². The van der Waals surface area contributed by atoms with Gasteiger partial charge in [-0.3, -0.25) is 9.48 Å². The molecule has 0 saturated heterocycles. The Morgan fingerprint density at radius 1 is 1.52 bits per heavy atom. The molecule has 0 saturated carbocycles. The highest BCUT2D eigenvalue weighted by Gasteiger charge is 2.10. The summed E-state index contributed by atoms with van der Waals surface area (Å²) in [6, 6.07) is 7.30. The van der Waals surface area contributed by atoms with Crippen LogP contribution in [0.25, 0.3) is 0 Å². The van der Waals surface area contributed by atoms with E-state index in [0.717, 1.165) is 6.07 Å². The Balaban J connectivity index is 2.11. The van der Waals surface area contributed by atoms with Crippen LogP contribution in [-0.4, -0.2) is 15.7 Å². The monoisotopic (exact) mass is 288 g/mol. The van der Waals surface area contributed by atoms with E-state index in [4.69, 9.17) is 10.00 Å². The molecule has 2 rings (SSSR count). The molecule has 1 heterocycles. The van der Waals surface area contributed by atoms with Crippen molar-refractivity contribution in [1.29, 1.82) is 5.26 Å². The number of rotatable bonds is 5. The molecule has 0 aliphatic carbocycles. The van der Waals surface area contributed by atoms with Crippen LogP contribution >= 0.6 is 0 Å². The molecule has 0 unspecified atom stereocenters. The normalized spacial score (nSPS) is 9.95. The van der Waals surface area contributed by atoms with E-state index in [1.54, 1.807) is 30.1 Å². The topological polar surface area (TPSA) is 79.9 Å². The van der Waals surface area contributed by atoms with Gasteiger partial charge < -0.3 is 10.1 Å². The number of amides is 1. The molecule has 1 aromatic heterocycles. The number of carbonyl (C=O) groups is 1. The Bertz CT molecular complexity index is 691. The van der Waals surface area contributed by atoms with Gasteiger partial charge in [-0.15, -0.1) is 0 Å². The van der Waals surface area contributed by atoms with Crippen LogP contribution in [0.1, 0.15) is 12.1 Å². The third-order valence-electron chi connectivity index (χ3n) is 2.60. The molecule has 108 valence electrons. The van der Waals surface area contributed by atoms with Crippen LogP contribution in [0.3, 0.4) is 0 Å². The largest absolute Gasteiger partial charge is 0.485 e. The lowest BCUT2D eigenvalue weighted by molar-refractivity contribution is -0.115. The number of carbonyl (C=O) groups excluding carboxylic acids is 1. The van der Waals surface area contributed by atoms with Crippen LogP contribution in [0, 0.1) is 17.1 Å². The molecule has 0 bridgehead atoms. The first kappa shape index (κ1) is 14.5. The first-order valence-electron chi connectivity index (χ1n) is 6.16. The Morgan fingerprint density at radius 3 is 3.00 bits per heavy atom. The van der Waals surface area contributed by atoms with Gasteiger partial charge >= 0.3 is 0 Å². The smallest absolute Gasteiger partial charge is 0.238 e. The second kappa shape index (κ2) is 6.52. The molecule has 1 amide bonds. The summed E-state index contributed by atoms with van der Waals surface area (Å²) in [7, 11) is 1.79. The Labute approximate surface area is 120 Å². The van der Waals surface area contributed by atoms with E-state index >= 15 is 0 Å². The van der Waals surface area contributed by atoms with Crippen LogP contribution in [0.4, 0.5) is 10.1 Å². The zero-order valence-corrected chi connectivity index (χ0v) is 11.3. The van der Waals surface area contributed by atoms with Crippen molar-refractivity contribution >= 4 is 11.6 Å². The molecule has 0 atom stereocenters. The standard InChI is InChI=1S/C14H13FN4O2/c1-19-7-5-11(18-19)9-21-13-3-2-10(15)8-12(13)17-14(20)4-6-16/h2-3,5,7-8H,4,9H2,1H3,(H,17,20). The summed E-state index contributed by atoms with van der Waals surface area (Å²) in [5, 5.41) is 15.1. The zero-order valence-electron chi connectivity index (χ0n) is 11.3. The van der Waals surface area contributed by atoms with Crippen molar-refractivity contribution in [2.45, 2.75) is 13.0 Å². The predicted molar refractivity (Wildman–Crippen MR) is 72.8 cm³/mol. The molecule has 7 heteroatoms. The highest BCUT2D eigenvalue weighted by Crippen LogP contribution is 2.26. The lowest BCUT2D eigenvalue weighted by atomic mass is 10.2. The van der Waals surface area contributed by atoms with Crippen LogP contribution in [0.15, 0.2) is 30.5 Å². The summed E-state index contributed by atoms with van der Waals surface area (Å²) >= 11 is 0. The second-order valence-corrected chi connectivity index (χ2v) is 4.29. The fourth-order valence-electron chi connectivity index (χ4n) is 1.68. The van der Waals surface area contributed by atoms with Gasteiger partial charge in [-0.1, -0.05) is 0 Å². The lowest BCUT2D eigenvalue weighted by Gasteiger charge is -2.11. The maximum atomic E-state index is 13.3. The minimum Gasteiger partial charge on any atom is -0.485 e. The Kier molecular flexibility index (Phi) is 4.51. The number of hydrogen-bond acceptors (Lipinski definition) is 4. The predicted octanol–water partition coefficient (Wildman–Crippen LogP) is 1.99. The van der Waals surface area contributed by atoms with Crippen molar-refractivity contribution in [3.63, 3.8) is 0 Å². The van der Waals surface area contributed by atoms with Gasteiger partial charge in [-0.05, 0) is 18.2 Å². The zero-order chi connectivity index (χ0) is 15.2. The SMILES string of the molecule is Cn1ccc(COc2ccc(F)cc2NC(=O)CC#N)n1. The molecule has 6 nitrogen and oxygen atoms in total.